The number of amidine groups is 1. The predicted octanol–water partition coefficient (Wildman–Crippen LogP) is 6.33. The Bertz CT molecular complexity index is 814. The molecule has 1 aliphatic rings. The minimum atomic E-state index is -1.50. The zero-order valence-electron chi connectivity index (χ0n) is 21.3. The van der Waals surface area contributed by atoms with E-state index in [2.05, 4.69) is 53.4 Å². The minimum Gasteiger partial charge on any atom is -0.465 e. The number of hydrogen-bond acceptors (Lipinski definition) is 7. The molecule has 35 heavy (non-hydrogen) atoms. The van der Waals surface area contributed by atoms with E-state index < -0.39 is 22.2 Å². The van der Waals surface area contributed by atoms with Crippen LogP contribution in [0.15, 0.2) is 46.4 Å². The molecule has 0 radical (unpaired) electrons. The van der Waals surface area contributed by atoms with Gasteiger partial charge >= 0.3 is 11.8 Å². The molecule has 0 saturated heterocycles. The number of aliphatic imine (C=N–C) groups is 2. The quantitative estimate of drug-likeness (QED) is 0.0694. The van der Waals surface area contributed by atoms with Gasteiger partial charge in [-0.1, -0.05) is 69.1 Å². The minimum absolute atomic E-state index is 0.0689. The van der Waals surface area contributed by atoms with E-state index in [0.29, 0.717) is 6.42 Å². The second-order valence-corrected chi connectivity index (χ2v) is 8.73. The number of rotatable bonds is 19. The number of allylic oxidation sites excluding steroid dienone is 6. The molecule has 0 spiro atoms. The summed E-state index contributed by atoms with van der Waals surface area (Å²) in [6.45, 7) is 3.56. The molecule has 0 aromatic rings. The van der Waals surface area contributed by atoms with Crippen molar-refractivity contribution in [2.75, 3.05) is 6.61 Å². The van der Waals surface area contributed by atoms with Crippen molar-refractivity contribution in [3.8, 4) is 0 Å². The Morgan fingerprint density at radius 3 is 2.14 bits per heavy atom. The summed E-state index contributed by atoms with van der Waals surface area (Å²) in [5, 5.41) is 10.7. The Morgan fingerprint density at radius 1 is 0.943 bits per heavy atom. The van der Waals surface area contributed by atoms with Gasteiger partial charge in [0.25, 0.3) is 5.66 Å². The first-order valence-electron chi connectivity index (χ1n) is 12.8. The molecule has 0 N–H and O–H groups in total. The van der Waals surface area contributed by atoms with E-state index in [1.54, 1.807) is 0 Å². The van der Waals surface area contributed by atoms with Crippen LogP contribution in [0.5, 0.6) is 0 Å². The molecule has 8 heteroatoms. The van der Waals surface area contributed by atoms with Crippen molar-refractivity contribution in [2.45, 2.75) is 103 Å². The molecular formula is C27H41N3O5. The Labute approximate surface area is 209 Å². The number of carbonyl (C=O) groups excluding carboxylic acids is 2. The zero-order chi connectivity index (χ0) is 25.8. The number of ether oxygens (including phenoxy) is 1. The third-order valence-electron chi connectivity index (χ3n) is 5.59. The Hall–Kier alpha value is -2.90. The second-order valence-electron chi connectivity index (χ2n) is 8.73. The van der Waals surface area contributed by atoms with Crippen molar-refractivity contribution in [2.24, 2.45) is 9.98 Å². The number of hydrogen-bond donors (Lipinski definition) is 0. The van der Waals surface area contributed by atoms with Crippen LogP contribution in [0.4, 0.5) is 0 Å². The summed E-state index contributed by atoms with van der Waals surface area (Å²) >= 11 is 0. The lowest BCUT2D eigenvalue weighted by atomic mass is 10.1. The van der Waals surface area contributed by atoms with Crippen LogP contribution < -0.4 is 0 Å². The molecule has 0 bridgehead atoms. The van der Waals surface area contributed by atoms with Crippen LogP contribution in [-0.4, -0.2) is 41.0 Å². The van der Waals surface area contributed by atoms with Crippen molar-refractivity contribution in [1.29, 1.82) is 0 Å². The van der Waals surface area contributed by atoms with E-state index in [4.69, 9.17) is 4.74 Å². The van der Waals surface area contributed by atoms with Gasteiger partial charge in [0.15, 0.2) is 0 Å². The molecule has 8 nitrogen and oxygen atoms in total. The van der Waals surface area contributed by atoms with Gasteiger partial charge in [0.05, 0.1) is 6.61 Å². The maximum Gasteiger partial charge on any atom is 0.379 e. The Balaban J connectivity index is 1.98. The van der Waals surface area contributed by atoms with E-state index in [1.807, 2.05) is 0 Å². The maximum absolute atomic E-state index is 12.2. The lowest BCUT2D eigenvalue weighted by Gasteiger charge is -2.10. The first-order valence-corrected chi connectivity index (χ1v) is 12.8. The fraction of sp³-hybridized carbons (Fsp3) is 0.630. The predicted molar refractivity (Wildman–Crippen MR) is 140 cm³/mol. The van der Waals surface area contributed by atoms with Gasteiger partial charge in [-0.3, -0.25) is 9.59 Å². The van der Waals surface area contributed by atoms with E-state index in [-0.39, 0.29) is 19.0 Å². The van der Waals surface area contributed by atoms with Crippen LogP contribution in [0, 0.1) is 10.1 Å². The summed E-state index contributed by atoms with van der Waals surface area (Å²) in [5.74, 6) is -1.20. The van der Waals surface area contributed by atoms with Crippen molar-refractivity contribution in [3.05, 3.63) is 46.6 Å². The summed E-state index contributed by atoms with van der Waals surface area (Å²) in [7, 11) is 0. The number of nitrogens with zero attached hydrogens (tertiary/aromatic N) is 3. The molecule has 194 valence electrons. The molecule has 0 aliphatic carbocycles. The number of esters is 1. The third-order valence-corrected chi connectivity index (χ3v) is 5.59. The zero-order valence-corrected chi connectivity index (χ0v) is 21.3. The highest BCUT2D eigenvalue weighted by molar-refractivity contribution is 6.28. The number of nitro groups is 1. The van der Waals surface area contributed by atoms with Gasteiger partial charge in [0.1, 0.15) is 6.21 Å². The van der Waals surface area contributed by atoms with Crippen LogP contribution in [-0.2, 0) is 14.3 Å². The topological polar surface area (TPSA) is 111 Å². The first kappa shape index (κ1) is 30.1. The molecule has 0 aromatic carbocycles. The van der Waals surface area contributed by atoms with E-state index in [1.165, 1.54) is 32.6 Å². The van der Waals surface area contributed by atoms with Crippen molar-refractivity contribution < 1.29 is 19.2 Å². The summed E-state index contributed by atoms with van der Waals surface area (Å²) in [6, 6.07) is 0. The van der Waals surface area contributed by atoms with Crippen LogP contribution in [0.2, 0.25) is 0 Å². The number of Topliss-reactive ketones (excluding diaryl/α,β-unsaturated/α-hetero) is 1. The van der Waals surface area contributed by atoms with Gasteiger partial charge in [-0.05, 0) is 54.9 Å². The molecule has 1 aliphatic heterocycles. The third kappa shape index (κ3) is 14.2. The summed E-state index contributed by atoms with van der Waals surface area (Å²) < 4.78 is 5.10. The highest BCUT2D eigenvalue weighted by atomic mass is 16.6. The molecule has 0 fully saturated rings. The normalized spacial score (nSPS) is 17.6. The van der Waals surface area contributed by atoms with E-state index in [9.17, 15) is 19.7 Å². The molecule has 1 rings (SSSR count). The fourth-order valence-electron chi connectivity index (χ4n) is 3.43. The molecule has 1 atom stereocenters. The summed E-state index contributed by atoms with van der Waals surface area (Å²) in [4.78, 5) is 41.6. The molecule has 0 saturated carbocycles. The highest BCUT2D eigenvalue weighted by Crippen LogP contribution is 2.20. The highest BCUT2D eigenvalue weighted by Gasteiger charge is 2.42. The van der Waals surface area contributed by atoms with Crippen LogP contribution >= 0.6 is 0 Å². The van der Waals surface area contributed by atoms with Gasteiger partial charge in [-0.15, -0.1) is 0 Å². The van der Waals surface area contributed by atoms with Crippen molar-refractivity contribution in [1.82, 2.24) is 0 Å². The lowest BCUT2D eigenvalue weighted by molar-refractivity contribution is -0.345. The fourth-order valence-corrected chi connectivity index (χ4v) is 3.43. The average Bonchev–Trinajstić information content (AvgIpc) is 3.25. The first-order chi connectivity index (χ1) is 16.9. The molecule has 1 heterocycles. The van der Waals surface area contributed by atoms with E-state index in [0.717, 1.165) is 51.2 Å². The van der Waals surface area contributed by atoms with Crippen molar-refractivity contribution >= 4 is 23.8 Å². The number of ketones is 1. The standard InChI is InChI=1S/C27H41N3O5/c1-3-4-5-6-7-8-9-10-11-12-13-14-15-16-17-18-19-20-26(32)35-22-21-24(31)27(2)28-23-25(29-27)30(33)34/h7-8,10-11,13-14,23H,3-6,9,12,15-22H2,1-2H3/b8-7-,11-10-,14-13-. The largest absolute Gasteiger partial charge is 0.465 e. The van der Waals surface area contributed by atoms with Gasteiger partial charge in [0, 0.05) is 19.8 Å². The van der Waals surface area contributed by atoms with Gasteiger partial charge in [-0.2, -0.15) is 0 Å². The van der Waals surface area contributed by atoms with Crippen LogP contribution in [0.1, 0.15) is 97.3 Å². The molecule has 0 amide bonds. The SMILES string of the molecule is CCCCC/C=C\C/C=C\C/C=C\CCCCCCC(=O)OCCC(=O)C1(C)N=CC([N+](=O)[O-])=N1. The Morgan fingerprint density at radius 2 is 1.54 bits per heavy atom. The number of carbonyl (C=O) groups is 2. The molecule has 1 unspecified atom stereocenters. The van der Waals surface area contributed by atoms with Gasteiger partial charge in [0.2, 0.25) is 5.78 Å². The monoisotopic (exact) mass is 487 g/mol. The molecular weight excluding hydrogens is 446 g/mol. The lowest BCUT2D eigenvalue weighted by Crippen LogP contribution is -2.31. The molecule has 0 aromatic heterocycles. The maximum atomic E-state index is 12.2. The summed E-state index contributed by atoms with van der Waals surface area (Å²) in [6.07, 6.45) is 26.5. The smallest absolute Gasteiger partial charge is 0.379 e. The van der Waals surface area contributed by atoms with Crippen molar-refractivity contribution in [3.63, 3.8) is 0 Å². The van der Waals surface area contributed by atoms with Crippen LogP contribution in [0.25, 0.3) is 0 Å². The Kier molecular flexibility index (Phi) is 15.9. The second kappa shape index (κ2) is 18.4. The average molecular weight is 488 g/mol. The van der Waals surface area contributed by atoms with Gasteiger partial charge in [-0.25, -0.2) is 4.99 Å². The van der Waals surface area contributed by atoms with E-state index >= 15 is 0 Å². The van der Waals surface area contributed by atoms with Gasteiger partial charge < -0.3 is 14.9 Å². The van der Waals surface area contributed by atoms with Crippen LogP contribution in [0.3, 0.4) is 0 Å². The number of unbranched alkanes of at least 4 members (excludes halogenated alkanes) is 7. The summed E-state index contributed by atoms with van der Waals surface area (Å²) in [5.41, 5.74) is -1.50.